The van der Waals surface area contributed by atoms with Gasteiger partial charge in [-0.1, -0.05) is 5.21 Å². The monoisotopic (exact) mass is 226 g/mol. The molecule has 1 atom stereocenters. The van der Waals surface area contributed by atoms with Gasteiger partial charge in [0.25, 0.3) is 0 Å². The zero-order chi connectivity index (χ0) is 12.3. The van der Waals surface area contributed by atoms with Gasteiger partial charge in [-0.15, -0.1) is 5.10 Å². The van der Waals surface area contributed by atoms with Crippen molar-refractivity contribution in [3.05, 3.63) is 11.9 Å². The summed E-state index contributed by atoms with van der Waals surface area (Å²) in [5, 5.41) is 19.5. The molecule has 2 N–H and O–H groups in total. The van der Waals surface area contributed by atoms with Crippen LogP contribution in [-0.4, -0.2) is 32.1 Å². The minimum Gasteiger partial charge on any atom is -0.480 e. The molecule has 1 rings (SSSR count). The molecule has 16 heavy (non-hydrogen) atoms. The molecule has 0 radical (unpaired) electrons. The Bertz CT molecular complexity index is 367. The molecule has 0 aliphatic carbocycles. The summed E-state index contributed by atoms with van der Waals surface area (Å²) in [7, 11) is 0. The Morgan fingerprint density at radius 1 is 1.62 bits per heavy atom. The number of carboxylic acids is 1. The fraction of sp³-hybridized carbons (Fsp3) is 0.700. The van der Waals surface area contributed by atoms with E-state index in [2.05, 4.69) is 15.6 Å². The van der Waals surface area contributed by atoms with E-state index in [1.165, 1.54) is 0 Å². The molecule has 1 aromatic rings. The van der Waals surface area contributed by atoms with Gasteiger partial charge in [0.2, 0.25) is 0 Å². The van der Waals surface area contributed by atoms with Gasteiger partial charge >= 0.3 is 5.97 Å². The quantitative estimate of drug-likeness (QED) is 0.785. The van der Waals surface area contributed by atoms with Crippen molar-refractivity contribution in [2.45, 2.75) is 45.8 Å². The first-order valence-electron chi connectivity index (χ1n) is 5.18. The second kappa shape index (κ2) is 4.61. The van der Waals surface area contributed by atoms with E-state index in [1.807, 2.05) is 27.0 Å². The van der Waals surface area contributed by atoms with Crippen molar-refractivity contribution in [1.29, 1.82) is 0 Å². The van der Waals surface area contributed by atoms with Crippen LogP contribution in [-0.2, 0) is 16.9 Å². The molecule has 1 unspecified atom stereocenters. The number of nitrogens with one attached hydrogen (secondary N) is 1. The summed E-state index contributed by atoms with van der Waals surface area (Å²) in [5.74, 6) is -0.872. The molecule has 0 aliphatic rings. The number of hydrogen-bond acceptors (Lipinski definition) is 4. The highest BCUT2D eigenvalue weighted by Crippen LogP contribution is 2.11. The van der Waals surface area contributed by atoms with E-state index in [4.69, 9.17) is 5.11 Å². The highest BCUT2D eigenvalue weighted by atomic mass is 16.4. The zero-order valence-corrected chi connectivity index (χ0v) is 10.1. The van der Waals surface area contributed by atoms with Crippen LogP contribution in [0.25, 0.3) is 0 Å². The van der Waals surface area contributed by atoms with Crippen molar-refractivity contribution in [3.63, 3.8) is 0 Å². The molecule has 6 heteroatoms. The largest absolute Gasteiger partial charge is 0.480 e. The summed E-state index contributed by atoms with van der Waals surface area (Å²) < 4.78 is 1.76. The molecule has 1 heterocycles. The van der Waals surface area contributed by atoms with Crippen LogP contribution in [0.15, 0.2) is 6.20 Å². The number of aliphatic carboxylic acids is 1. The summed E-state index contributed by atoms with van der Waals surface area (Å²) in [6.45, 7) is 8.08. The van der Waals surface area contributed by atoms with Crippen molar-refractivity contribution < 1.29 is 9.90 Å². The zero-order valence-electron chi connectivity index (χ0n) is 10.1. The van der Waals surface area contributed by atoms with Crippen LogP contribution in [0.5, 0.6) is 0 Å². The molecule has 90 valence electrons. The van der Waals surface area contributed by atoms with Crippen LogP contribution in [0.1, 0.15) is 33.4 Å². The van der Waals surface area contributed by atoms with E-state index in [9.17, 15) is 4.79 Å². The Kier molecular flexibility index (Phi) is 3.64. The highest BCUT2D eigenvalue weighted by molar-refractivity contribution is 5.72. The van der Waals surface area contributed by atoms with E-state index in [1.54, 1.807) is 11.6 Å². The van der Waals surface area contributed by atoms with E-state index in [0.29, 0.717) is 6.54 Å². The Morgan fingerprint density at radius 3 is 2.69 bits per heavy atom. The first-order chi connectivity index (χ1) is 7.30. The second-order valence-electron chi connectivity index (χ2n) is 4.77. The van der Waals surface area contributed by atoms with Gasteiger partial charge in [-0.05, 0) is 27.7 Å². The average molecular weight is 226 g/mol. The Balaban J connectivity index is 2.57. The fourth-order valence-corrected chi connectivity index (χ4v) is 1.05. The third kappa shape index (κ3) is 3.30. The topological polar surface area (TPSA) is 80.0 Å². The molecular formula is C10H18N4O2. The molecule has 6 nitrogen and oxygen atoms in total. The van der Waals surface area contributed by atoms with Gasteiger partial charge in [-0.3, -0.25) is 10.1 Å². The van der Waals surface area contributed by atoms with Crippen LogP contribution >= 0.6 is 0 Å². The number of nitrogens with zero attached hydrogens (tertiary/aromatic N) is 3. The summed E-state index contributed by atoms with van der Waals surface area (Å²) in [6.07, 6.45) is 1.82. The maximum absolute atomic E-state index is 10.6. The molecule has 0 aromatic carbocycles. The maximum Gasteiger partial charge on any atom is 0.320 e. The van der Waals surface area contributed by atoms with E-state index in [0.717, 1.165) is 5.69 Å². The van der Waals surface area contributed by atoms with Gasteiger partial charge in [-0.25, -0.2) is 4.68 Å². The predicted octanol–water partition coefficient (Wildman–Crippen LogP) is 0.596. The maximum atomic E-state index is 10.6. The van der Waals surface area contributed by atoms with Gasteiger partial charge < -0.3 is 5.11 Å². The van der Waals surface area contributed by atoms with Crippen LogP contribution in [0.4, 0.5) is 0 Å². The van der Waals surface area contributed by atoms with E-state index < -0.39 is 12.0 Å². The average Bonchev–Trinajstić information content (AvgIpc) is 2.61. The van der Waals surface area contributed by atoms with Gasteiger partial charge in [-0.2, -0.15) is 0 Å². The van der Waals surface area contributed by atoms with Crippen molar-refractivity contribution in [1.82, 2.24) is 20.3 Å². The number of rotatable bonds is 4. The number of carbonyl (C=O) groups is 1. The number of aromatic nitrogens is 3. The lowest BCUT2D eigenvalue weighted by atomic mass is 10.1. The molecule has 0 saturated carbocycles. The molecule has 0 spiro atoms. The smallest absolute Gasteiger partial charge is 0.320 e. The SMILES string of the molecule is CC(NCc1cn(C(C)(C)C)nn1)C(=O)O. The van der Waals surface area contributed by atoms with Gasteiger partial charge in [0.15, 0.2) is 0 Å². The van der Waals surface area contributed by atoms with Crippen LogP contribution in [0.2, 0.25) is 0 Å². The van der Waals surface area contributed by atoms with Crippen molar-refractivity contribution >= 4 is 5.97 Å². The summed E-state index contributed by atoms with van der Waals surface area (Å²) in [5.41, 5.74) is 0.631. The minimum atomic E-state index is -0.872. The molecule has 0 amide bonds. The Hall–Kier alpha value is -1.43. The van der Waals surface area contributed by atoms with Crippen LogP contribution in [0.3, 0.4) is 0 Å². The summed E-state index contributed by atoms with van der Waals surface area (Å²) >= 11 is 0. The Labute approximate surface area is 94.7 Å². The third-order valence-corrected chi connectivity index (χ3v) is 2.19. The molecule has 0 aliphatic heterocycles. The standard InChI is InChI=1S/C10H18N4O2/c1-7(9(15)16)11-5-8-6-14(13-12-8)10(2,3)4/h6-7,11H,5H2,1-4H3,(H,15,16). The van der Waals surface area contributed by atoms with Crippen LogP contribution < -0.4 is 5.32 Å². The van der Waals surface area contributed by atoms with Gasteiger partial charge in [0.1, 0.15) is 6.04 Å². The fourth-order valence-electron chi connectivity index (χ4n) is 1.05. The highest BCUT2D eigenvalue weighted by Gasteiger charge is 2.16. The van der Waals surface area contributed by atoms with E-state index in [-0.39, 0.29) is 5.54 Å². The lowest BCUT2D eigenvalue weighted by molar-refractivity contribution is -0.139. The van der Waals surface area contributed by atoms with Crippen molar-refractivity contribution in [2.75, 3.05) is 0 Å². The lowest BCUT2D eigenvalue weighted by Crippen LogP contribution is -2.33. The first-order valence-corrected chi connectivity index (χ1v) is 5.18. The summed E-state index contributed by atoms with van der Waals surface area (Å²) in [4.78, 5) is 10.6. The van der Waals surface area contributed by atoms with E-state index >= 15 is 0 Å². The minimum absolute atomic E-state index is 0.107. The lowest BCUT2D eigenvalue weighted by Gasteiger charge is -2.17. The molecular weight excluding hydrogens is 208 g/mol. The van der Waals surface area contributed by atoms with Crippen molar-refractivity contribution in [2.24, 2.45) is 0 Å². The molecule has 0 saturated heterocycles. The molecule has 0 fully saturated rings. The number of carboxylic acid groups (broad SMARTS) is 1. The number of hydrogen-bond donors (Lipinski definition) is 2. The van der Waals surface area contributed by atoms with Crippen LogP contribution in [0, 0.1) is 0 Å². The first kappa shape index (κ1) is 12.6. The molecule has 1 aromatic heterocycles. The normalized spacial score (nSPS) is 13.8. The Morgan fingerprint density at radius 2 is 2.25 bits per heavy atom. The van der Waals surface area contributed by atoms with Gasteiger partial charge in [0, 0.05) is 6.54 Å². The van der Waals surface area contributed by atoms with Gasteiger partial charge in [0.05, 0.1) is 17.4 Å². The predicted molar refractivity (Wildman–Crippen MR) is 59.0 cm³/mol. The second-order valence-corrected chi connectivity index (χ2v) is 4.77. The molecule has 0 bridgehead atoms. The third-order valence-electron chi connectivity index (χ3n) is 2.19. The van der Waals surface area contributed by atoms with Crippen molar-refractivity contribution in [3.8, 4) is 0 Å². The summed E-state index contributed by atoms with van der Waals surface area (Å²) in [6, 6.07) is -0.584.